The third kappa shape index (κ3) is 0.936. The fraction of sp³-hybridized carbons (Fsp3) is 0.0714. The molecule has 0 unspecified atom stereocenters. The Balaban J connectivity index is 2.20. The molecule has 0 saturated heterocycles. The quantitative estimate of drug-likeness (QED) is 0.547. The van der Waals surface area contributed by atoms with Crippen molar-refractivity contribution < 1.29 is 4.57 Å². The average Bonchev–Trinajstić information content (AvgIpc) is 2.86. The van der Waals surface area contributed by atoms with Gasteiger partial charge in [0.1, 0.15) is 6.54 Å². The third-order valence-corrected chi connectivity index (χ3v) is 3.27. The van der Waals surface area contributed by atoms with Crippen LogP contribution in [-0.4, -0.2) is 4.98 Å². The highest BCUT2D eigenvalue weighted by Gasteiger charge is 2.19. The zero-order valence-electron chi connectivity index (χ0n) is 8.77. The topological polar surface area (TPSA) is 19.7 Å². The maximum Gasteiger partial charge on any atom is 0.280 e. The van der Waals surface area contributed by atoms with E-state index in [4.69, 9.17) is 0 Å². The van der Waals surface area contributed by atoms with Crippen LogP contribution in [0.25, 0.3) is 27.9 Å². The van der Waals surface area contributed by atoms with Gasteiger partial charge in [-0.1, -0.05) is 24.3 Å². The zero-order valence-corrected chi connectivity index (χ0v) is 8.77. The van der Waals surface area contributed by atoms with Gasteiger partial charge in [0.25, 0.3) is 5.82 Å². The predicted octanol–water partition coefficient (Wildman–Crippen LogP) is 2.64. The highest BCUT2D eigenvalue weighted by molar-refractivity contribution is 5.94. The molecule has 0 aliphatic carbocycles. The molecule has 4 rings (SSSR count). The molecular weight excluding hydrogens is 196 g/mol. The Kier molecular flexibility index (Phi) is 1.38. The van der Waals surface area contributed by atoms with E-state index in [0.717, 1.165) is 6.54 Å². The van der Waals surface area contributed by atoms with E-state index >= 15 is 0 Å². The Morgan fingerprint density at radius 3 is 2.75 bits per heavy atom. The molecule has 0 fully saturated rings. The van der Waals surface area contributed by atoms with Crippen LogP contribution < -0.4 is 4.57 Å². The summed E-state index contributed by atoms with van der Waals surface area (Å²) in [6.07, 6.45) is 4.32. The van der Waals surface area contributed by atoms with Crippen molar-refractivity contribution in [1.82, 2.24) is 4.98 Å². The van der Waals surface area contributed by atoms with Gasteiger partial charge in [0.05, 0.1) is 0 Å². The van der Waals surface area contributed by atoms with E-state index < -0.39 is 0 Å². The van der Waals surface area contributed by atoms with Crippen molar-refractivity contribution >= 4 is 27.9 Å². The van der Waals surface area contributed by atoms with Gasteiger partial charge in [0.2, 0.25) is 0 Å². The van der Waals surface area contributed by atoms with Crippen molar-refractivity contribution in [2.45, 2.75) is 6.54 Å². The number of hydrogen-bond donors (Lipinski definition) is 1. The van der Waals surface area contributed by atoms with Crippen molar-refractivity contribution in [2.75, 3.05) is 0 Å². The Bertz CT molecular complexity index is 735. The molecule has 2 heteroatoms. The van der Waals surface area contributed by atoms with E-state index in [1.165, 1.54) is 27.6 Å². The first-order chi connectivity index (χ1) is 7.92. The second-order valence-corrected chi connectivity index (χ2v) is 4.24. The lowest BCUT2D eigenvalue weighted by molar-refractivity contribution is -0.658. The van der Waals surface area contributed by atoms with Crippen molar-refractivity contribution in [3.05, 3.63) is 48.3 Å². The van der Waals surface area contributed by atoms with E-state index in [1.54, 1.807) is 0 Å². The summed E-state index contributed by atoms with van der Waals surface area (Å²) in [6.45, 7) is 0.980. The summed E-state index contributed by atoms with van der Waals surface area (Å²) in [5.41, 5.74) is 2.51. The van der Waals surface area contributed by atoms with Gasteiger partial charge < -0.3 is 0 Å². The largest absolute Gasteiger partial charge is 0.280 e. The number of hydrogen-bond acceptors (Lipinski definition) is 0. The Morgan fingerprint density at radius 1 is 1.06 bits per heavy atom. The van der Waals surface area contributed by atoms with Gasteiger partial charge >= 0.3 is 0 Å². The summed E-state index contributed by atoms with van der Waals surface area (Å²) in [4.78, 5) is 3.44. The molecule has 2 nitrogen and oxygen atoms in total. The van der Waals surface area contributed by atoms with E-state index in [9.17, 15) is 0 Å². The second-order valence-electron chi connectivity index (χ2n) is 4.24. The van der Waals surface area contributed by atoms with Gasteiger partial charge in [0, 0.05) is 6.08 Å². The van der Waals surface area contributed by atoms with Gasteiger partial charge in [-0.05, 0) is 29.0 Å². The van der Waals surface area contributed by atoms with Crippen LogP contribution >= 0.6 is 0 Å². The zero-order chi connectivity index (χ0) is 10.5. The lowest BCUT2D eigenvalue weighted by atomic mass is 10.1. The maximum atomic E-state index is 3.44. The lowest BCUT2D eigenvalue weighted by Crippen LogP contribution is -2.31. The summed E-state index contributed by atoms with van der Waals surface area (Å²) in [7, 11) is 0. The Hall–Kier alpha value is -2.09. The average molecular weight is 207 g/mol. The van der Waals surface area contributed by atoms with E-state index in [1.807, 2.05) is 0 Å². The molecule has 0 spiro atoms. The fourth-order valence-electron chi connectivity index (χ4n) is 2.49. The summed E-state index contributed by atoms with van der Waals surface area (Å²) in [5.74, 6) is 1.20. The number of rotatable bonds is 0. The number of nitrogens with one attached hydrogen (secondary N) is 1. The molecule has 0 atom stereocenters. The van der Waals surface area contributed by atoms with Gasteiger partial charge in [-0.25, -0.2) is 9.55 Å². The van der Waals surface area contributed by atoms with Crippen LogP contribution in [0.4, 0.5) is 0 Å². The third-order valence-electron chi connectivity index (χ3n) is 3.27. The van der Waals surface area contributed by atoms with Crippen LogP contribution in [0, 0.1) is 0 Å². The Labute approximate surface area is 92.8 Å². The number of H-pyrrole nitrogens is 1. The number of imidazole rings is 1. The van der Waals surface area contributed by atoms with Gasteiger partial charge in [0.15, 0.2) is 11.0 Å². The first kappa shape index (κ1) is 8.11. The fourth-order valence-corrected chi connectivity index (χ4v) is 2.49. The summed E-state index contributed by atoms with van der Waals surface area (Å²) in [6, 6.07) is 13.0. The van der Waals surface area contributed by atoms with Crippen molar-refractivity contribution in [2.24, 2.45) is 0 Å². The van der Waals surface area contributed by atoms with Crippen LogP contribution in [0.2, 0.25) is 0 Å². The lowest BCUT2D eigenvalue weighted by Gasteiger charge is -1.96. The van der Waals surface area contributed by atoms with Crippen molar-refractivity contribution in [3.63, 3.8) is 0 Å². The summed E-state index contributed by atoms with van der Waals surface area (Å²) < 4.78 is 2.31. The molecule has 1 aliphatic rings. The molecule has 76 valence electrons. The number of aromatic nitrogens is 2. The minimum absolute atomic E-state index is 0.980. The van der Waals surface area contributed by atoms with Crippen LogP contribution in [0.3, 0.4) is 0 Å². The molecule has 1 N–H and O–H groups in total. The van der Waals surface area contributed by atoms with Crippen LogP contribution in [-0.2, 0) is 6.54 Å². The maximum absolute atomic E-state index is 3.44. The predicted molar refractivity (Wildman–Crippen MR) is 65.0 cm³/mol. The Morgan fingerprint density at radius 2 is 1.88 bits per heavy atom. The second kappa shape index (κ2) is 2.73. The van der Waals surface area contributed by atoms with E-state index in [-0.39, 0.29) is 0 Å². The van der Waals surface area contributed by atoms with Crippen molar-refractivity contribution in [3.8, 4) is 0 Å². The minimum Gasteiger partial charge on any atom is -0.237 e. The van der Waals surface area contributed by atoms with E-state index in [0.29, 0.717) is 0 Å². The summed E-state index contributed by atoms with van der Waals surface area (Å²) in [5, 5.41) is 2.59. The molecule has 2 heterocycles. The molecule has 0 amide bonds. The minimum atomic E-state index is 0.980. The number of nitrogens with zero attached hydrogens (tertiary/aromatic N) is 1. The first-order valence-electron chi connectivity index (χ1n) is 5.53. The highest BCUT2D eigenvalue weighted by Crippen LogP contribution is 2.21. The van der Waals surface area contributed by atoms with Gasteiger partial charge in [-0.3, -0.25) is 0 Å². The number of fused-ring (bicyclic) bond motifs is 4. The van der Waals surface area contributed by atoms with Crippen molar-refractivity contribution in [1.29, 1.82) is 0 Å². The monoisotopic (exact) mass is 207 g/mol. The molecule has 0 radical (unpaired) electrons. The standard InChI is InChI=1S/C14H10N2/c1-2-5-11-9-13-12(8-10(11)4-1)15-14-6-3-7-16(13)14/h1-6,8-9H,7H2/p+1. The summed E-state index contributed by atoms with van der Waals surface area (Å²) >= 11 is 0. The van der Waals surface area contributed by atoms with Crippen LogP contribution in [0.1, 0.15) is 5.82 Å². The molecule has 16 heavy (non-hydrogen) atoms. The van der Waals surface area contributed by atoms with E-state index in [2.05, 4.69) is 58.1 Å². The smallest absolute Gasteiger partial charge is 0.237 e. The molecule has 1 aliphatic heterocycles. The highest BCUT2D eigenvalue weighted by atomic mass is 15.1. The number of benzene rings is 2. The van der Waals surface area contributed by atoms with Crippen LogP contribution in [0.15, 0.2) is 42.5 Å². The van der Waals surface area contributed by atoms with Gasteiger partial charge in [-0.15, -0.1) is 0 Å². The molecule has 2 aromatic carbocycles. The van der Waals surface area contributed by atoms with Gasteiger partial charge in [-0.2, -0.15) is 0 Å². The SMILES string of the molecule is C1=Cc2[nH]c3cc4ccccc4cc3[n+]2C1. The van der Waals surface area contributed by atoms with Crippen LogP contribution in [0.5, 0.6) is 0 Å². The first-order valence-corrected chi connectivity index (χ1v) is 5.53. The number of allylic oxidation sites excluding steroid dienone is 1. The number of aromatic amines is 1. The normalized spacial score (nSPS) is 13.8. The molecule has 0 saturated carbocycles. The molecule has 0 bridgehead atoms. The molecule has 3 aromatic rings. The molecular formula is C14H11N2+. The molecule has 1 aromatic heterocycles.